The molecule has 0 saturated carbocycles. The first kappa shape index (κ1) is 23.0. The van der Waals surface area contributed by atoms with Gasteiger partial charge in [0.2, 0.25) is 5.91 Å². The number of carbonyl (C=O) groups excluding carboxylic acids is 2. The van der Waals surface area contributed by atoms with Crippen LogP contribution in [0.3, 0.4) is 0 Å². The number of allylic oxidation sites excluding steroid dienone is 1. The van der Waals surface area contributed by atoms with Crippen molar-refractivity contribution in [1.82, 2.24) is 40.2 Å². The lowest BCUT2D eigenvalue weighted by Gasteiger charge is -2.45. The average Bonchev–Trinajstić information content (AvgIpc) is 3.55. The van der Waals surface area contributed by atoms with E-state index in [2.05, 4.69) is 49.6 Å². The largest absolute Gasteiger partial charge is 0.381 e. The first-order valence-corrected chi connectivity index (χ1v) is 13.1. The number of likely N-dealkylation sites (tertiary alicyclic amines) is 1. The molecule has 1 saturated heterocycles. The number of fused-ring (bicyclic) bond motifs is 2. The number of hydrogen-bond acceptors (Lipinski definition) is 7. The van der Waals surface area contributed by atoms with E-state index in [9.17, 15) is 9.59 Å². The molecule has 0 aromatic carbocycles. The summed E-state index contributed by atoms with van der Waals surface area (Å²) in [6.45, 7) is 9.51. The summed E-state index contributed by atoms with van der Waals surface area (Å²) < 4.78 is 3.82. The maximum Gasteiger partial charge on any atom is 0.260 e. The van der Waals surface area contributed by atoms with E-state index in [0.29, 0.717) is 23.5 Å². The Bertz CT molecular complexity index is 1420. The molecule has 3 N–H and O–H groups in total. The van der Waals surface area contributed by atoms with Crippen molar-refractivity contribution in [3.05, 3.63) is 53.5 Å². The number of aromatic nitrogens is 4. The molecular formula is C25H30N8O2S. The fraction of sp³-hybridized carbons (Fsp3) is 0.440. The number of nitrogens with zero attached hydrogens (tertiary/aromatic N) is 5. The Morgan fingerprint density at radius 2 is 2.06 bits per heavy atom. The summed E-state index contributed by atoms with van der Waals surface area (Å²) in [5.41, 5.74) is 4.48. The molecule has 0 bridgehead atoms. The van der Waals surface area contributed by atoms with Crippen molar-refractivity contribution in [2.75, 3.05) is 19.6 Å². The molecule has 3 aliphatic rings. The van der Waals surface area contributed by atoms with Crippen LogP contribution in [0.2, 0.25) is 0 Å². The van der Waals surface area contributed by atoms with Gasteiger partial charge in [-0.05, 0) is 31.3 Å². The molecule has 3 aliphatic heterocycles. The summed E-state index contributed by atoms with van der Waals surface area (Å²) in [6.07, 6.45) is 11.2. The number of nitrogens with one attached hydrogen (secondary N) is 3. The minimum Gasteiger partial charge on any atom is -0.381 e. The number of aryl methyl sites for hydroxylation is 1. The van der Waals surface area contributed by atoms with E-state index in [1.165, 1.54) is 5.69 Å². The molecule has 1 fully saturated rings. The Labute approximate surface area is 213 Å². The Morgan fingerprint density at radius 3 is 2.86 bits per heavy atom. The van der Waals surface area contributed by atoms with E-state index in [4.69, 9.17) is 0 Å². The van der Waals surface area contributed by atoms with E-state index in [-0.39, 0.29) is 23.3 Å². The van der Waals surface area contributed by atoms with Crippen LogP contribution >= 0.6 is 11.3 Å². The molecule has 0 aliphatic carbocycles. The van der Waals surface area contributed by atoms with Crippen molar-refractivity contribution in [1.29, 1.82) is 0 Å². The molecule has 3 aromatic rings. The maximum atomic E-state index is 13.2. The van der Waals surface area contributed by atoms with Gasteiger partial charge in [-0.1, -0.05) is 13.8 Å². The van der Waals surface area contributed by atoms with Gasteiger partial charge in [-0.15, -0.1) is 11.3 Å². The summed E-state index contributed by atoms with van der Waals surface area (Å²) in [5.74, 6) is -0.292. The van der Waals surface area contributed by atoms with Gasteiger partial charge in [0.1, 0.15) is 4.83 Å². The number of carbonyl (C=O) groups is 2. The number of rotatable bonds is 6. The lowest BCUT2D eigenvalue weighted by Crippen LogP contribution is -2.55. The van der Waals surface area contributed by atoms with Gasteiger partial charge in [0, 0.05) is 49.0 Å². The maximum absolute atomic E-state index is 13.2. The van der Waals surface area contributed by atoms with Crippen molar-refractivity contribution in [3.8, 4) is 10.4 Å². The number of dihydropyridines is 1. The van der Waals surface area contributed by atoms with Crippen LogP contribution in [0.15, 0.2) is 42.3 Å². The zero-order valence-corrected chi connectivity index (χ0v) is 21.5. The van der Waals surface area contributed by atoms with E-state index in [1.54, 1.807) is 28.2 Å². The third kappa shape index (κ3) is 4.22. The molecular weight excluding hydrogens is 476 g/mol. The van der Waals surface area contributed by atoms with E-state index in [1.807, 2.05) is 25.4 Å². The zero-order chi connectivity index (χ0) is 25.0. The topological polar surface area (TPSA) is 109 Å². The van der Waals surface area contributed by atoms with Crippen LogP contribution < -0.4 is 16.0 Å². The van der Waals surface area contributed by atoms with Crippen molar-refractivity contribution in [3.63, 3.8) is 0 Å². The normalized spacial score (nSPS) is 20.8. The molecule has 1 unspecified atom stereocenters. The van der Waals surface area contributed by atoms with Crippen molar-refractivity contribution in [2.45, 2.75) is 46.2 Å². The third-order valence-corrected chi connectivity index (χ3v) is 8.06. The highest BCUT2D eigenvalue weighted by Gasteiger charge is 2.35. The van der Waals surface area contributed by atoms with Crippen LogP contribution in [0, 0.1) is 5.41 Å². The summed E-state index contributed by atoms with van der Waals surface area (Å²) in [5, 5.41) is 18.1. The quantitative estimate of drug-likeness (QED) is 0.473. The molecule has 1 atom stereocenters. The Morgan fingerprint density at radius 1 is 1.22 bits per heavy atom. The van der Waals surface area contributed by atoms with Crippen LogP contribution in [0.4, 0.5) is 0 Å². The van der Waals surface area contributed by atoms with Gasteiger partial charge >= 0.3 is 0 Å². The molecule has 6 rings (SSSR count). The first-order valence-electron chi connectivity index (χ1n) is 12.3. The second kappa shape index (κ2) is 8.59. The van der Waals surface area contributed by atoms with Crippen LogP contribution in [-0.4, -0.2) is 61.8 Å². The Kier molecular flexibility index (Phi) is 5.49. The van der Waals surface area contributed by atoms with Gasteiger partial charge in [0.25, 0.3) is 5.91 Å². The molecule has 0 spiro atoms. The van der Waals surface area contributed by atoms with Crippen molar-refractivity contribution in [2.24, 2.45) is 5.41 Å². The molecule has 3 aromatic heterocycles. The van der Waals surface area contributed by atoms with Gasteiger partial charge in [0.15, 0.2) is 0 Å². The Balaban J connectivity index is 1.15. The summed E-state index contributed by atoms with van der Waals surface area (Å²) in [7, 11) is 0. The monoisotopic (exact) mass is 506 g/mol. The number of thiazole rings is 1. The fourth-order valence-corrected chi connectivity index (χ4v) is 6.36. The molecule has 0 radical (unpaired) electrons. The fourth-order valence-electron chi connectivity index (χ4n) is 5.27. The third-order valence-electron chi connectivity index (χ3n) is 6.92. The van der Waals surface area contributed by atoms with E-state index in [0.717, 1.165) is 47.7 Å². The van der Waals surface area contributed by atoms with Crippen LogP contribution in [-0.2, 0) is 17.8 Å². The van der Waals surface area contributed by atoms with Gasteiger partial charge in [-0.25, -0.2) is 4.52 Å². The molecule has 36 heavy (non-hydrogen) atoms. The van der Waals surface area contributed by atoms with Crippen LogP contribution in [0.5, 0.6) is 0 Å². The zero-order valence-electron chi connectivity index (χ0n) is 20.7. The minimum atomic E-state index is -0.228. The molecule has 188 valence electrons. The second-order valence-electron chi connectivity index (χ2n) is 10.6. The lowest BCUT2D eigenvalue weighted by atomic mass is 9.84. The molecule has 2 amide bonds. The van der Waals surface area contributed by atoms with Crippen LogP contribution in [0.1, 0.15) is 43.2 Å². The standard InChI is InChI=1S/C25H30N8O2S/c1-15-19(7-16(8-26-15)29-22(34)12-31-13-25(2,3)14-31)30-23(35)18-10-28-33-11-21(36-24(18)33)17-9-27-32-6-4-5-20(17)32/h7-11,15,26H,4-6,12-14H2,1-3H3,(H,29,34)(H,30,35). The summed E-state index contributed by atoms with van der Waals surface area (Å²) in [6, 6.07) is -0.106. The highest BCUT2D eigenvalue weighted by Crippen LogP contribution is 2.34. The first-order chi connectivity index (χ1) is 17.3. The smallest absolute Gasteiger partial charge is 0.260 e. The van der Waals surface area contributed by atoms with Gasteiger partial charge in [-0.2, -0.15) is 10.2 Å². The van der Waals surface area contributed by atoms with Gasteiger partial charge < -0.3 is 16.0 Å². The SMILES string of the molecule is CC1NC=C(NC(=O)CN2CC(C)(C)C2)C=C1NC(=O)c1cnn2cc(-c3cnn4c3CCC4)sc12. The molecule has 11 heteroatoms. The number of hydrogen-bond donors (Lipinski definition) is 3. The predicted molar refractivity (Wildman–Crippen MR) is 137 cm³/mol. The molecule has 10 nitrogen and oxygen atoms in total. The highest BCUT2D eigenvalue weighted by molar-refractivity contribution is 7.21. The number of amides is 2. The minimum absolute atomic E-state index is 0.0638. The highest BCUT2D eigenvalue weighted by atomic mass is 32.1. The Hall–Kier alpha value is -3.44. The van der Waals surface area contributed by atoms with Crippen molar-refractivity contribution < 1.29 is 9.59 Å². The van der Waals surface area contributed by atoms with E-state index < -0.39 is 0 Å². The predicted octanol–water partition coefficient (Wildman–Crippen LogP) is 2.11. The lowest BCUT2D eigenvalue weighted by molar-refractivity contribution is -0.124. The second-order valence-corrected chi connectivity index (χ2v) is 11.7. The van der Waals surface area contributed by atoms with Crippen LogP contribution in [0.25, 0.3) is 15.3 Å². The molecule has 6 heterocycles. The van der Waals surface area contributed by atoms with Crippen molar-refractivity contribution >= 4 is 28.0 Å². The van der Waals surface area contributed by atoms with Gasteiger partial charge in [-0.3, -0.25) is 19.2 Å². The summed E-state index contributed by atoms with van der Waals surface area (Å²) in [4.78, 5) is 29.7. The summed E-state index contributed by atoms with van der Waals surface area (Å²) >= 11 is 1.55. The average molecular weight is 507 g/mol. The van der Waals surface area contributed by atoms with Gasteiger partial charge in [0.05, 0.1) is 41.1 Å². The van der Waals surface area contributed by atoms with E-state index >= 15 is 0 Å².